The number of imidazole rings is 1. The number of hydrogen-bond acceptors (Lipinski definition) is 6. The van der Waals surface area contributed by atoms with E-state index in [0.717, 1.165) is 34.5 Å². The fraction of sp³-hybridized carbons (Fsp3) is 0.292. The number of anilines is 1. The van der Waals surface area contributed by atoms with Gasteiger partial charge in [-0.3, -0.25) is 9.69 Å². The number of nitrogens with zero attached hydrogens (tertiary/aromatic N) is 4. The number of hydrogen-bond donors (Lipinski definition) is 0. The van der Waals surface area contributed by atoms with E-state index in [9.17, 15) is 4.79 Å². The van der Waals surface area contributed by atoms with Gasteiger partial charge in [0, 0.05) is 30.5 Å². The Kier molecular flexibility index (Phi) is 9.15. The maximum Gasteiger partial charge on any atom is 0.266 e. The van der Waals surface area contributed by atoms with Crippen LogP contribution in [-0.2, 0) is 11.3 Å². The monoisotopic (exact) mass is 520 g/mol. The minimum Gasteiger partial charge on any atom is -0.494 e. The second-order valence-corrected chi connectivity index (χ2v) is 8.90. The summed E-state index contributed by atoms with van der Waals surface area (Å²) in [6.45, 7) is 5.67. The molecular weight excluding hydrogens is 495 g/mol. The van der Waals surface area contributed by atoms with E-state index in [0.29, 0.717) is 29.1 Å². The van der Waals surface area contributed by atoms with Crippen LogP contribution in [0.25, 0.3) is 10.2 Å². The summed E-state index contributed by atoms with van der Waals surface area (Å²) in [7, 11) is 0. The lowest BCUT2D eigenvalue weighted by Gasteiger charge is -2.20. The molecule has 0 spiro atoms. The molecule has 4 rings (SSSR count). The Balaban J connectivity index is 0.00000324. The summed E-state index contributed by atoms with van der Waals surface area (Å²) < 4.78 is 14.2. The standard InChI is InChI=1S/C24H25ClN4O3S.ClH/c1-3-31-19-5-7-20(8-6-19)32-15-22(30)29(11-4-10-28-12-9-26-16-28)24-27-23-17(2)13-18(25)14-21(23)33-24;/h5-9,12-14,16H,3-4,10-11,15H2,1-2H3;1H. The zero-order valence-electron chi connectivity index (χ0n) is 18.9. The van der Waals surface area contributed by atoms with E-state index in [-0.39, 0.29) is 24.9 Å². The average Bonchev–Trinajstić information content (AvgIpc) is 3.46. The number of fused-ring (bicyclic) bond motifs is 1. The SMILES string of the molecule is CCOc1ccc(OCC(=O)N(CCCn2ccnc2)c2nc3c(C)cc(Cl)cc3s2)cc1.Cl. The smallest absolute Gasteiger partial charge is 0.266 e. The lowest BCUT2D eigenvalue weighted by atomic mass is 10.2. The summed E-state index contributed by atoms with van der Waals surface area (Å²) in [6, 6.07) is 11.0. The van der Waals surface area contributed by atoms with Crippen molar-refractivity contribution < 1.29 is 14.3 Å². The van der Waals surface area contributed by atoms with Crippen LogP contribution in [0.5, 0.6) is 11.5 Å². The van der Waals surface area contributed by atoms with Crippen LogP contribution in [0.4, 0.5) is 5.13 Å². The molecule has 0 bridgehead atoms. The number of aryl methyl sites for hydroxylation is 2. The molecule has 10 heteroatoms. The lowest BCUT2D eigenvalue weighted by Crippen LogP contribution is -2.36. The first-order valence-corrected chi connectivity index (χ1v) is 11.9. The van der Waals surface area contributed by atoms with E-state index < -0.39 is 0 Å². The zero-order valence-corrected chi connectivity index (χ0v) is 21.3. The first kappa shape index (κ1) is 25.8. The highest BCUT2D eigenvalue weighted by Gasteiger charge is 2.21. The Morgan fingerprint density at radius 1 is 1.18 bits per heavy atom. The van der Waals surface area contributed by atoms with Crippen LogP contribution >= 0.6 is 35.3 Å². The third-order valence-corrected chi connectivity index (χ3v) is 6.27. The predicted octanol–water partition coefficient (Wildman–Crippen LogP) is 5.78. The van der Waals surface area contributed by atoms with Gasteiger partial charge in [0.05, 0.1) is 23.2 Å². The molecule has 34 heavy (non-hydrogen) atoms. The Labute approximate surface area is 213 Å². The minimum absolute atomic E-state index is 0. The van der Waals surface area contributed by atoms with Crippen molar-refractivity contribution in [1.29, 1.82) is 0 Å². The van der Waals surface area contributed by atoms with Crippen molar-refractivity contribution in [2.75, 3.05) is 24.7 Å². The largest absolute Gasteiger partial charge is 0.494 e. The predicted molar refractivity (Wildman–Crippen MR) is 139 cm³/mol. The molecule has 0 aliphatic carbocycles. The Bertz CT molecular complexity index is 1210. The van der Waals surface area contributed by atoms with Gasteiger partial charge in [-0.2, -0.15) is 0 Å². The van der Waals surface area contributed by atoms with Gasteiger partial charge < -0.3 is 14.0 Å². The quantitative estimate of drug-likeness (QED) is 0.265. The highest BCUT2D eigenvalue weighted by molar-refractivity contribution is 7.22. The van der Waals surface area contributed by atoms with Gasteiger partial charge in [-0.25, -0.2) is 9.97 Å². The number of aromatic nitrogens is 3. The molecule has 0 fully saturated rings. The number of thiazole rings is 1. The maximum absolute atomic E-state index is 13.2. The van der Waals surface area contributed by atoms with E-state index in [1.807, 2.05) is 48.9 Å². The van der Waals surface area contributed by atoms with Crippen LogP contribution in [0.1, 0.15) is 18.9 Å². The van der Waals surface area contributed by atoms with Crippen molar-refractivity contribution in [3.05, 3.63) is 65.7 Å². The molecule has 4 aromatic rings. The molecule has 1 amide bonds. The van der Waals surface area contributed by atoms with E-state index in [2.05, 4.69) is 4.98 Å². The number of rotatable bonds is 10. The molecule has 2 aromatic heterocycles. The molecule has 0 radical (unpaired) electrons. The van der Waals surface area contributed by atoms with Crippen LogP contribution in [0, 0.1) is 6.92 Å². The van der Waals surface area contributed by atoms with Crippen molar-refractivity contribution >= 4 is 56.6 Å². The molecule has 0 N–H and O–H groups in total. The van der Waals surface area contributed by atoms with E-state index >= 15 is 0 Å². The van der Waals surface area contributed by atoms with E-state index in [1.54, 1.807) is 29.6 Å². The van der Waals surface area contributed by atoms with Gasteiger partial charge in [0.25, 0.3) is 5.91 Å². The third-order valence-electron chi connectivity index (χ3n) is 5.03. The molecule has 180 valence electrons. The number of amides is 1. The normalized spacial score (nSPS) is 10.7. The summed E-state index contributed by atoms with van der Waals surface area (Å²) in [5.41, 5.74) is 1.84. The molecule has 0 aliphatic rings. The fourth-order valence-electron chi connectivity index (χ4n) is 3.44. The molecule has 2 heterocycles. The van der Waals surface area contributed by atoms with Crippen LogP contribution in [0.2, 0.25) is 5.02 Å². The molecule has 0 saturated carbocycles. The number of ether oxygens (including phenoxy) is 2. The Morgan fingerprint density at radius 3 is 2.59 bits per heavy atom. The van der Waals surface area contributed by atoms with Gasteiger partial charge in [0.15, 0.2) is 11.7 Å². The fourth-order valence-corrected chi connectivity index (χ4v) is 4.90. The lowest BCUT2D eigenvalue weighted by molar-refractivity contribution is -0.120. The van der Waals surface area contributed by atoms with Crippen LogP contribution in [0.15, 0.2) is 55.1 Å². The highest BCUT2D eigenvalue weighted by Crippen LogP contribution is 2.33. The molecular formula is C24H26Cl2N4O3S. The summed E-state index contributed by atoms with van der Waals surface area (Å²) >= 11 is 7.68. The van der Waals surface area contributed by atoms with Crippen molar-refractivity contribution in [2.45, 2.75) is 26.8 Å². The molecule has 0 aliphatic heterocycles. The first-order chi connectivity index (χ1) is 16.0. The summed E-state index contributed by atoms with van der Waals surface area (Å²) in [5.74, 6) is 1.22. The second-order valence-electron chi connectivity index (χ2n) is 7.46. The topological polar surface area (TPSA) is 69.5 Å². The Hall–Kier alpha value is -2.81. The van der Waals surface area contributed by atoms with Crippen LogP contribution in [-0.4, -0.2) is 40.2 Å². The van der Waals surface area contributed by atoms with Crippen molar-refractivity contribution in [3.63, 3.8) is 0 Å². The highest BCUT2D eigenvalue weighted by atomic mass is 35.5. The number of halogens is 2. The van der Waals surface area contributed by atoms with Crippen molar-refractivity contribution in [2.24, 2.45) is 0 Å². The Morgan fingerprint density at radius 2 is 1.91 bits per heavy atom. The van der Waals surface area contributed by atoms with Gasteiger partial charge in [-0.1, -0.05) is 22.9 Å². The molecule has 7 nitrogen and oxygen atoms in total. The molecule has 0 unspecified atom stereocenters. The van der Waals surface area contributed by atoms with Crippen molar-refractivity contribution in [1.82, 2.24) is 14.5 Å². The van der Waals surface area contributed by atoms with E-state index in [4.69, 9.17) is 26.1 Å². The second kappa shape index (κ2) is 12.1. The number of carbonyl (C=O) groups excluding carboxylic acids is 1. The summed E-state index contributed by atoms with van der Waals surface area (Å²) in [5, 5.41) is 1.30. The van der Waals surface area contributed by atoms with Gasteiger partial charge in [0.2, 0.25) is 0 Å². The summed E-state index contributed by atoms with van der Waals surface area (Å²) in [4.78, 5) is 23.7. The maximum atomic E-state index is 13.2. The first-order valence-electron chi connectivity index (χ1n) is 10.7. The minimum atomic E-state index is -0.155. The van der Waals surface area contributed by atoms with Crippen molar-refractivity contribution in [3.8, 4) is 11.5 Å². The van der Waals surface area contributed by atoms with Crippen LogP contribution < -0.4 is 14.4 Å². The molecule has 0 atom stereocenters. The van der Waals surface area contributed by atoms with Crippen LogP contribution in [0.3, 0.4) is 0 Å². The average molecular weight is 521 g/mol. The number of carbonyl (C=O) groups is 1. The van der Waals surface area contributed by atoms with E-state index in [1.165, 1.54) is 11.3 Å². The molecule has 0 saturated heterocycles. The summed E-state index contributed by atoms with van der Waals surface area (Å²) in [6.07, 6.45) is 6.17. The van der Waals surface area contributed by atoms with Gasteiger partial charge in [-0.05, 0) is 62.2 Å². The zero-order chi connectivity index (χ0) is 23.2. The van der Waals surface area contributed by atoms with Gasteiger partial charge >= 0.3 is 0 Å². The van der Waals surface area contributed by atoms with Gasteiger partial charge in [-0.15, -0.1) is 12.4 Å². The van der Waals surface area contributed by atoms with Gasteiger partial charge in [0.1, 0.15) is 11.5 Å². The number of benzene rings is 2. The third kappa shape index (κ3) is 6.40. The molecule has 2 aromatic carbocycles.